The van der Waals surface area contributed by atoms with Gasteiger partial charge in [-0.1, -0.05) is 50.1 Å². The fourth-order valence-electron chi connectivity index (χ4n) is 3.82. The summed E-state index contributed by atoms with van der Waals surface area (Å²) in [5.74, 6) is -0.176. The number of amides is 1. The molecule has 27 heavy (non-hydrogen) atoms. The van der Waals surface area contributed by atoms with E-state index < -0.39 is 10.0 Å². The fourth-order valence-corrected chi connectivity index (χ4v) is 4.86. The van der Waals surface area contributed by atoms with Crippen LogP contribution in [0.2, 0.25) is 0 Å². The Morgan fingerprint density at radius 3 is 2.22 bits per heavy atom. The van der Waals surface area contributed by atoms with Crippen molar-refractivity contribution in [1.82, 2.24) is 10.0 Å². The molecule has 0 atom stereocenters. The predicted octanol–water partition coefficient (Wildman–Crippen LogP) is 3.23. The Morgan fingerprint density at radius 2 is 1.63 bits per heavy atom. The second-order valence-electron chi connectivity index (χ2n) is 7.06. The second kappa shape index (κ2) is 8.23. The third-order valence-electron chi connectivity index (χ3n) is 5.30. The van der Waals surface area contributed by atoms with Gasteiger partial charge >= 0.3 is 0 Å². The Kier molecular flexibility index (Phi) is 5.97. The van der Waals surface area contributed by atoms with E-state index in [1.165, 1.54) is 30.5 Å². The van der Waals surface area contributed by atoms with E-state index in [9.17, 15) is 13.2 Å². The highest BCUT2D eigenvalue weighted by molar-refractivity contribution is 7.89. The molecule has 0 radical (unpaired) electrons. The third-order valence-corrected chi connectivity index (χ3v) is 6.86. The van der Waals surface area contributed by atoms with Gasteiger partial charge in [0.15, 0.2) is 0 Å². The van der Waals surface area contributed by atoms with Crippen molar-refractivity contribution in [2.75, 3.05) is 13.1 Å². The van der Waals surface area contributed by atoms with E-state index in [2.05, 4.69) is 22.2 Å². The molecule has 2 aromatic rings. The van der Waals surface area contributed by atoms with Gasteiger partial charge in [-0.3, -0.25) is 4.79 Å². The summed E-state index contributed by atoms with van der Waals surface area (Å²) in [4.78, 5) is 12.7. The Labute approximate surface area is 161 Å². The molecule has 1 saturated carbocycles. The Morgan fingerprint density at radius 1 is 1.00 bits per heavy atom. The minimum Gasteiger partial charge on any atom is -0.351 e. The van der Waals surface area contributed by atoms with Gasteiger partial charge in [0.25, 0.3) is 5.91 Å². The molecule has 2 aromatic carbocycles. The molecule has 6 heteroatoms. The smallest absolute Gasteiger partial charge is 0.251 e. The molecule has 1 aliphatic carbocycles. The Balaban J connectivity index is 1.70. The van der Waals surface area contributed by atoms with Crippen molar-refractivity contribution in [3.63, 3.8) is 0 Å². The summed E-state index contributed by atoms with van der Waals surface area (Å²) in [7, 11) is -3.51. The molecule has 0 unspecified atom stereocenters. The van der Waals surface area contributed by atoms with Crippen LogP contribution in [0.25, 0.3) is 0 Å². The zero-order chi connectivity index (χ0) is 19.3. The van der Waals surface area contributed by atoms with Crippen molar-refractivity contribution in [2.24, 2.45) is 0 Å². The number of sulfonamides is 1. The van der Waals surface area contributed by atoms with E-state index in [1.807, 2.05) is 18.2 Å². The summed E-state index contributed by atoms with van der Waals surface area (Å²) in [6.45, 7) is 2.64. The number of benzene rings is 2. The van der Waals surface area contributed by atoms with Gasteiger partial charge in [0.05, 0.1) is 4.90 Å². The van der Waals surface area contributed by atoms with Crippen LogP contribution in [0.15, 0.2) is 59.5 Å². The fraction of sp³-hybridized carbons (Fsp3) is 0.381. The summed E-state index contributed by atoms with van der Waals surface area (Å²) in [6, 6.07) is 16.4. The highest BCUT2D eigenvalue weighted by Gasteiger charge is 2.35. The molecule has 2 N–H and O–H groups in total. The van der Waals surface area contributed by atoms with Crippen molar-refractivity contribution in [3.05, 3.63) is 65.7 Å². The van der Waals surface area contributed by atoms with E-state index in [1.54, 1.807) is 19.1 Å². The summed E-state index contributed by atoms with van der Waals surface area (Å²) in [5.41, 5.74) is 1.73. The molecule has 3 rings (SSSR count). The molecule has 0 spiro atoms. The van der Waals surface area contributed by atoms with Gasteiger partial charge in [0, 0.05) is 24.1 Å². The van der Waals surface area contributed by atoms with Gasteiger partial charge in [-0.15, -0.1) is 0 Å². The second-order valence-corrected chi connectivity index (χ2v) is 8.83. The highest BCUT2D eigenvalue weighted by Crippen LogP contribution is 2.40. The quantitative estimate of drug-likeness (QED) is 0.767. The minimum absolute atomic E-state index is 0.00868. The number of carbonyl (C=O) groups is 1. The van der Waals surface area contributed by atoms with Gasteiger partial charge in [-0.25, -0.2) is 13.1 Å². The first-order chi connectivity index (χ1) is 13.0. The van der Waals surface area contributed by atoms with Crippen LogP contribution < -0.4 is 10.0 Å². The van der Waals surface area contributed by atoms with Crippen LogP contribution in [-0.4, -0.2) is 27.4 Å². The van der Waals surface area contributed by atoms with Crippen molar-refractivity contribution in [3.8, 4) is 0 Å². The summed E-state index contributed by atoms with van der Waals surface area (Å²) in [5, 5.41) is 3.06. The first-order valence-corrected chi connectivity index (χ1v) is 10.9. The zero-order valence-electron chi connectivity index (χ0n) is 15.6. The summed E-state index contributed by atoms with van der Waals surface area (Å²) in [6.07, 6.45) is 4.47. The maximum absolute atomic E-state index is 12.6. The normalized spacial score (nSPS) is 16.2. The van der Waals surface area contributed by atoms with Crippen molar-refractivity contribution in [2.45, 2.75) is 42.9 Å². The topological polar surface area (TPSA) is 75.3 Å². The van der Waals surface area contributed by atoms with Gasteiger partial charge in [-0.05, 0) is 42.7 Å². The average molecular weight is 387 g/mol. The first kappa shape index (κ1) is 19.6. The summed E-state index contributed by atoms with van der Waals surface area (Å²) >= 11 is 0. The molecule has 1 fully saturated rings. The Hall–Kier alpha value is -2.18. The number of hydrogen-bond donors (Lipinski definition) is 2. The van der Waals surface area contributed by atoms with E-state index in [0.717, 1.165) is 12.8 Å². The monoisotopic (exact) mass is 386 g/mol. The van der Waals surface area contributed by atoms with Crippen molar-refractivity contribution in [1.29, 1.82) is 0 Å². The average Bonchev–Trinajstić information content (AvgIpc) is 3.17. The molecular weight excluding hydrogens is 360 g/mol. The molecular formula is C21H26N2O3S. The molecule has 1 amide bonds. The molecule has 0 saturated heterocycles. The van der Waals surface area contributed by atoms with E-state index in [0.29, 0.717) is 18.7 Å². The van der Waals surface area contributed by atoms with E-state index >= 15 is 0 Å². The van der Waals surface area contributed by atoms with Gasteiger partial charge in [0.1, 0.15) is 0 Å². The summed E-state index contributed by atoms with van der Waals surface area (Å²) < 4.78 is 26.4. The predicted molar refractivity (Wildman–Crippen MR) is 106 cm³/mol. The third kappa shape index (κ3) is 4.39. The number of rotatable bonds is 7. The van der Waals surface area contributed by atoms with Crippen LogP contribution >= 0.6 is 0 Å². The maximum atomic E-state index is 12.6. The molecule has 0 bridgehead atoms. The van der Waals surface area contributed by atoms with Crippen LogP contribution in [0, 0.1) is 0 Å². The van der Waals surface area contributed by atoms with E-state index in [4.69, 9.17) is 0 Å². The SMILES string of the molecule is CCNS(=O)(=O)c1ccc(C(=O)NCC2(c3ccccc3)CCCC2)cc1. The van der Waals surface area contributed by atoms with Gasteiger partial charge < -0.3 is 5.32 Å². The maximum Gasteiger partial charge on any atom is 0.251 e. The van der Waals surface area contributed by atoms with Gasteiger partial charge in [0.2, 0.25) is 10.0 Å². The Bertz CT molecular complexity index is 871. The van der Waals surface area contributed by atoms with Gasteiger partial charge in [-0.2, -0.15) is 0 Å². The minimum atomic E-state index is -3.51. The zero-order valence-corrected chi connectivity index (χ0v) is 16.4. The lowest BCUT2D eigenvalue weighted by molar-refractivity contribution is 0.0943. The molecule has 144 valence electrons. The lowest BCUT2D eigenvalue weighted by atomic mass is 9.79. The molecule has 0 aromatic heterocycles. The lowest BCUT2D eigenvalue weighted by Gasteiger charge is -2.30. The van der Waals surface area contributed by atoms with Crippen LogP contribution in [0.3, 0.4) is 0 Å². The molecule has 0 aliphatic heterocycles. The largest absolute Gasteiger partial charge is 0.351 e. The number of carbonyl (C=O) groups excluding carboxylic acids is 1. The number of nitrogens with one attached hydrogen (secondary N) is 2. The first-order valence-electron chi connectivity index (χ1n) is 9.40. The van der Waals surface area contributed by atoms with Crippen LogP contribution in [-0.2, 0) is 15.4 Å². The molecule has 1 aliphatic rings. The van der Waals surface area contributed by atoms with Crippen LogP contribution in [0.5, 0.6) is 0 Å². The van der Waals surface area contributed by atoms with E-state index in [-0.39, 0.29) is 16.2 Å². The highest BCUT2D eigenvalue weighted by atomic mass is 32.2. The van der Waals surface area contributed by atoms with Crippen molar-refractivity contribution >= 4 is 15.9 Å². The lowest BCUT2D eigenvalue weighted by Crippen LogP contribution is -2.39. The van der Waals surface area contributed by atoms with Crippen LogP contribution in [0.1, 0.15) is 48.5 Å². The van der Waals surface area contributed by atoms with Crippen LogP contribution in [0.4, 0.5) is 0 Å². The molecule has 0 heterocycles. The standard InChI is InChI=1S/C21H26N2O3S/c1-2-23-27(25,26)19-12-10-17(11-13-19)20(24)22-16-21(14-6-7-15-21)18-8-4-3-5-9-18/h3-5,8-13,23H,2,6-7,14-16H2,1H3,(H,22,24). The molecule has 5 nitrogen and oxygen atoms in total. The number of hydrogen-bond acceptors (Lipinski definition) is 3. The van der Waals surface area contributed by atoms with Crippen molar-refractivity contribution < 1.29 is 13.2 Å².